The van der Waals surface area contributed by atoms with E-state index in [-0.39, 0.29) is 12.6 Å². The molecule has 0 saturated heterocycles. The first-order chi connectivity index (χ1) is 10.6. The standard InChI is InChI=1S/C16H17NO4S/c18-22(19,15-5-6-16-12(10-15)7-9-21-16)17(13-3-4-13)11-14-2-1-8-20-14/h1-2,5-6,8,10,13H,3-4,7,9,11H2. The number of fused-ring (bicyclic) bond motifs is 1. The molecule has 0 amide bonds. The normalized spacial score (nSPS) is 17.5. The fourth-order valence-corrected chi connectivity index (χ4v) is 4.49. The summed E-state index contributed by atoms with van der Waals surface area (Å²) in [5, 5.41) is 0. The maximum atomic E-state index is 13.0. The molecule has 0 radical (unpaired) electrons. The van der Waals surface area contributed by atoms with E-state index in [2.05, 4.69) is 0 Å². The largest absolute Gasteiger partial charge is 0.493 e. The lowest BCUT2D eigenvalue weighted by Crippen LogP contribution is -2.32. The lowest BCUT2D eigenvalue weighted by Gasteiger charge is -2.21. The predicted molar refractivity (Wildman–Crippen MR) is 80.1 cm³/mol. The zero-order chi connectivity index (χ0) is 15.2. The molecule has 0 spiro atoms. The van der Waals surface area contributed by atoms with Crippen LogP contribution in [0.25, 0.3) is 0 Å². The number of furan rings is 1. The minimum atomic E-state index is -3.52. The van der Waals surface area contributed by atoms with Crippen LogP contribution in [0.5, 0.6) is 5.75 Å². The third-order valence-electron chi connectivity index (χ3n) is 4.11. The van der Waals surface area contributed by atoms with Crippen molar-refractivity contribution in [3.8, 4) is 5.75 Å². The molecule has 0 N–H and O–H groups in total. The molecule has 1 aromatic carbocycles. The molecule has 1 fully saturated rings. The Kier molecular flexibility index (Phi) is 3.23. The van der Waals surface area contributed by atoms with E-state index in [1.165, 1.54) is 0 Å². The first kappa shape index (κ1) is 13.8. The van der Waals surface area contributed by atoms with Crippen LogP contribution in [-0.2, 0) is 23.0 Å². The number of nitrogens with zero attached hydrogens (tertiary/aromatic N) is 1. The van der Waals surface area contributed by atoms with Gasteiger partial charge in [-0.2, -0.15) is 4.31 Å². The van der Waals surface area contributed by atoms with Gasteiger partial charge in [0.25, 0.3) is 0 Å². The highest BCUT2D eigenvalue weighted by atomic mass is 32.2. The molecule has 0 unspecified atom stereocenters. The number of sulfonamides is 1. The Morgan fingerprint density at radius 2 is 2.09 bits per heavy atom. The minimum absolute atomic E-state index is 0.0830. The van der Waals surface area contributed by atoms with Crippen LogP contribution in [0.1, 0.15) is 24.2 Å². The monoisotopic (exact) mass is 319 g/mol. The molecule has 1 aliphatic carbocycles. The van der Waals surface area contributed by atoms with Crippen molar-refractivity contribution >= 4 is 10.0 Å². The molecule has 0 bridgehead atoms. The SMILES string of the molecule is O=S(=O)(c1ccc2c(c1)CCO2)N(Cc1ccco1)C1CC1. The average Bonchev–Trinajstić information content (AvgIpc) is 3.02. The first-order valence-corrected chi connectivity index (χ1v) is 8.88. The molecule has 2 aliphatic rings. The summed E-state index contributed by atoms with van der Waals surface area (Å²) in [6.07, 6.45) is 4.15. The van der Waals surface area contributed by atoms with Crippen LogP contribution in [0.15, 0.2) is 45.9 Å². The zero-order valence-electron chi connectivity index (χ0n) is 12.1. The van der Waals surface area contributed by atoms with Gasteiger partial charge >= 0.3 is 0 Å². The van der Waals surface area contributed by atoms with E-state index >= 15 is 0 Å². The van der Waals surface area contributed by atoms with Crippen molar-refractivity contribution in [1.29, 1.82) is 0 Å². The maximum absolute atomic E-state index is 13.0. The summed E-state index contributed by atoms with van der Waals surface area (Å²) >= 11 is 0. The van der Waals surface area contributed by atoms with Gasteiger partial charge in [-0.25, -0.2) is 8.42 Å². The third-order valence-corrected chi connectivity index (χ3v) is 6.01. The number of rotatable bonds is 5. The van der Waals surface area contributed by atoms with Gasteiger partial charge < -0.3 is 9.15 Å². The molecule has 22 heavy (non-hydrogen) atoms. The molecule has 1 saturated carbocycles. The Morgan fingerprint density at radius 3 is 2.82 bits per heavy atom. The van der Waals surface area contributed by atoms with Crippen LogP contribution < -0.4 is 4.74 Å². The summed E-state index contributed by atoms with van der Waals surface area (Å²) in [4.78, 5) is 0.343. The van der Waals surface area contributed by atoms with Crippen molar-refractivity contribution in [2.24, 2.45) is 0 Å². The van der Waals surface area contributed by atoms with Crippen LogP contribution in [0.3, 0.4) is 0 Å². The molecule has 0 atom stereocenters. The quantitative estimate of drug-likeness (QED) is 0.850. The molecule has 116 valence electrons. The van der Waals surface area contributed by atoms with Crippen molar-refractivity contribution in [2.45, 2.75) is 36.7 Å². The van der Waals surface area contributed by atoms with Gasteiger partial charge in [-0.05, 0) is 48.7 Å². The highest BCUT2D eigenvalue weighted by Gasteiger charge is 2.38. The van der Waals surface area contributed by atoms with Gasteiger partial charge in [0.1, 0.15) is 11.5 Å². The molecule has 5 nitrogen and oxygen atoms in total. The van der Waals surface area contributed by atoms with Gasteiger partial charge in [-0.3, -0.25) is 0 Å². The van der Waals surface area contributed by atoms with Crippen molar-refractivity contribution in [2.75, 3.05) is 6.61 Å². The highest BCUT2D eigenvalue weighted by molar-refractivity contribution is 7.89. The van der Waals surface area contributed by atoms with Crippen LogP contribution in [0.2, 0.25) is 0 Å². The Labute approximate surface area is 129 Å². The summed E-state index contributed by atoms with van der Waals surface area (Å²) in [6.45, 7) is 0.908. The topological polar surface area (TPSA) is 59.8 Å². The molecule has 1 aromatic heterocycles. The van der Waals surface area contributed by atoms with E-state index in [1.54, 1.807) is 40.9 Å². The van der Waals surface area contributed by atoms with Crippen molar-refractivity contribution in [3.05, 3.63) is 47.9 Å². The van der Waals surface area contributed by atoms with Gasteiger partial charge in [-0.15, -0.1) is 0 Å². The second-order valence-electron chi connectivity index (χ2n) is 5.73. The van der Waals surface area contributed by atoms with Crippen molar-refractivity contribution in [1.82, 2.24) is 4.31 Å². The van der Waals surface area contributed by atoms with E-state index in [9.17, 15) is 8.42 Å². The molecule has 2 aromatic rings. The van der Waals surface area contributed by atoms with Gasteiger partial charge in [-0.1, -0.05) is 0 Å². The molecule has 2 heterocycles. The minimum Gasteiger partial charge on any atom is -0.493 e. The Morgan fingerprint density at radius 1 is 1.23 bits per heavy atom. The number of ether oxygens (including phenoxy) is 1. The fourth-order valence-electron chi connectivity index (χ4n) is 2.79. The molecule has 1 aliphatic heterocycles. The van der Waals surface area contributed by atoms with E-state index < -0.39 is 10.0 Å². The number of hydrogen-bond acceptors (Lipinski definition) is 4. The Bertz CT molecular complexity index is 778. The summed E-state index contributed by atoms with van der Waals surface area (Å²) < 4.78 is 38.3. The van der Waals surface area contributed by atoms with Crippen LogP contribution in [0.4, 0.5) is 0 Å². The van der Waals surface area contributed by atoms with Crippen LogP contribution >= 0.6 is 0 Å². The Hall–Kier alpha value is -1.79. The Balaban J connectivity index is 1.68. The van der Waals surface area contributed by atoms with Crippen molar-refractivity contribution in [3.63, 3.8) is 0 Å². The highest BCUT2D eigenvalue weighted by Crippen LogP contribution is 2.35. The molecule has 4 rings (SSSR count). The van der Waals surface area contributed by atoms with E-state index in [4.69, 9.17) is 9.15 Å². The second-order valence-corrected chi connectivity index (χ2v) is 7.62. The van der Waals surface area contributed by atoms with Crippen LogP contribution in [-0.4, -0.2) is 25.4 Å². The van der Waals surface area contributed by atoms with Gasteiger partial charge in [0, 0.05) is 12.5 Å². The number of benzene rings is 1. The predicted octanol–water partition coefficient (Wildman–Crippen LogP) is 2.57. The lowest BCUT2D eigenvalue weighted by atomic mass is 10.2. The number of hydrogen-bond donors (Lipinski definition) is 0. The van der Waals surface area contributed by atoms with Crippen LogP contribution in [0, 0.1) is 0 Å². The van der Waals surface area contributed by atoms with E-state index in [0.29, 0.717) is 17.3 Å². The second kappa shape index (κ2) is 5.14. The average molecular weight is 319 g/mol. The fraction of sp³-hybridized carbons (Fsp3) is 0.375. The third kappa shape index (κ3) is 2.42. The molecular weight excluding hydrogens is 302 g/mol. The lowest BCUT2D eigenvalue weighted by molar-refractivity contribution is 0.355. The smallest absolute Gasteiger partial charge is 0.243 e. The maximum Gasteiger partial charge on any atom is 0.243 e. The first-order valence-electron chi connectivity index (χ1n) is 7.44. The molecule has 6 heteroatoms. The summed E-state index contributed by atoms with van der Waals surface area (Å²) in [6, 6.07) is 8.81. The van der Waals surface area contributed by atoms with Gasteiger partial charge in [0.15, 0.2) is 0 Å². The summed E-state index contributed by atoms with van der Waals surface area (Å²) in [5.74, 6) is 1.46. The molecular formula is C16H17NO4S. The van der Waals surface area contributed by atoms with E-state index in [1.807, 2.05) is 0 Å². The van der Waals surface area contributed by atoms with Gasteiger partial charge in [0.2, 0.25) is 10.0 Å². The summed E-state index contributed by atoms with van der Waals surface area (Å²) in [5.41, 5.74) is 0.967. The zero-order valence-corrected chi connectivity index (χ0v) is 12.9. The summed E-state index contributed by atoms with van der Waals surface area (Å²) in [7, 11) is -3.52. The van der Waals surface area contributed by atoms with Gasteiger partial charge in [0.05, 0.1) is 24.3 Å². The van der Waals surface area contributed by atoms with Crippen molar-refractivity contribution < 1.29 is 17.6 Å². The van der Waals surface area contributed by atoms with E-state index in [0.717, 1.165) is 30.6 Å².